The van der Waals surface area contributed by atoms with E-state index >= 15 is 0 Å². The van der Waals surface area contributed by atoms with Crippen LogP contribution in [-0.2, 0) is 0 Å². The molecule has 0 radical (unpaired) electrons. The molecular weight excluding hydrogens is 391 g/mol. The molecule has 1 heteroatoms. The molecule has 0 saturated carbocycles. The summed E-state index contributed by atoms with van der Waals surface area (Å²) < 4.78 is 0. The molecule has 0 saturated heterocycles. The first-order valence-corrected chi connectivity index (χ1v) is 14.1. The van der Waals surface area contributed by atoms with E-state index in [0.29, 0.717) is 0 Å². The van der Waals surface area contributed by atoms with Gasteiger partial charge in [0.1, 0.15) is 0 Å². The third kappa shape index (κ3) is 6.72. The third-order valence-corrected chi connectivity index (χ3v) is 10.3. The SMILES string of the molecule is CCCCCCCCCCCC=P(c1ccccc1)(c1ccccc1)c1ccccc1. The van der Waals surface area contributed by atoms with Crippen molar-refractivity contribution in [2.24, 2.45) is 0 Å². The number of rotatable bonds is 13. The van der Waals surface area contributed by atoms with Gasteiger partial charge in [-0.3, -0.25) is 0 Å². The quantitative estimate of drug-likeness (QED) is 0.192. The molecule has 0 aliphatic rings. The molecule has 0 spiro atoms. The molecule has 31 heavy (non-hydrogen) atoms. The zero-order valence-electron chi connectivity index (χ0n) is 19.3. The van der Waals surface area contributed by atoms with Crippen molar-refractivity contribution in [3.63, 3.8) is 0 Å². The van der Waals surface area contributed by atoms with Gasteiger partial charge in [0.25, 0.3) is 0 Å². The molecule has 0 fully saturated rings. The van der Waals surface area contributed by atoms with E-state index in [1.54, 1.807) is 0 Å². The summed E-state index contributed by atoms with van der Waals surface area (Å²) in [6, 6.07) is 33.6. The van der Waals surface area contributed by atoms with Crippen LogP contribution in [0.25, 0.3) is 0 Å². The molecule has 3 rings (SSSR count). The Morgan fingerprint density at radius 2 is 0.839 bits per heavy atom. The van der Waals surface area contributed by atoms with E-state index in [1.165, 1.54) is 80.1 Å². The van der Waals surface area contributed by atoms with Crippen molar-refractivity contribution in [1.29, 1.82) is 0 Å². The minimum Gasteiger partial charge on any atom is -0.0742 e. The van der Waals surface area contributed by atoms with Crippen molar-refractivity contribution in [2.45, 2.75) is 71.1 Å². The summed E-state index contributed by atoms with van der Waals surface area (Å²) in [7, 11) is 0. The Hall–Kier alpha value is -2.04. The number of unbranched alkanes of at least 4 members (excludes halogenated alkanes) is 9. The van der Waals surface area contributed by atoms with Crippen molar-refractivity contribution < 1.29 is 0 Å². The van der Waals surface area contributed by atoms with E-state index in [9.17, 15) is 0 Å². The van der Waals surface area contributed by atoms with Gasteiger partial charge < -0.3 is 0 Å². The van der Waals surface area contributed by atoms with Crippen LogP contribution in [-0.4, -0.2) is 5.80 Å². The molecule has 0 aromatic heterocycles. The lowest BCUT2D eigenvalue weighted by Gasteiger charge is -2.29. The smallest absolute Gasteiger partial charge is 0.0163 e. The van der Waals surface area contributed by atoms with Crippen molar-refractivity contribution in [3.05, 3.63) is 91.0 Å². The van der Waals surface area contributed by atoms with Crippen LogP contribution in [0, 0.1) is 0 Å². The second kappa shape index (κ2) is 13.4. The molecule has 0 heterocycles. The maximum absolute atomic E-state index is 2.69. The fourth-order valence-corrected chi connectivity index (χ4v) is 8.52. The Morgan fingerprint density at radius 1 is 0.484 bits per heavy atom. The summed E-state index contributed by atoms with van der Waals surface area (Å²) in [5.74, 6) is 2.69. The van der Waals surface area contributed by atoms with Crippen molar-refractivity contribution in [2.75, 3.05) is 0 Å². The summed E-state index contributed by atoms with van der Waals surface area (Å²) in [5, 5.41) is 4.38. The lowest BCUT2D eigenvalue weighted by atomic mass is 10.1. The maximum atomic E-state index is 2.69. The summed E-state index contributed by atoms with van der Waals surface area (Å²) >= 11 is 0. The highest BCUT2D eigenvalue weighted by molar-refractivity contribution is 7.94. The Bertz CT molecular complexity index is 793. The minimum absolute atomic E-state index is 1.18. The molecule has 0 amide bonds. The normalized spacial score (nSPS) is 11.4. The van der Waals surface area contributed by atoms with Crippen molar-refractivity contribution in [3.8, 4) is 0 Å². The van der Waals surface area contributed by atoms with E-state index in [4.69, 9.17) is 0 Å². The van der Waals surface area contributed by atoms with Crippen LogP contribution in [0.4, 0.5) is 0 Å². The number of hydrogen-bond acceptors (Lipinski definition) is 0. The highest BCUT2D eigenvalue weighted by Crippen LogP contribution is 2.44. The molecule has 0 nitrogen and oxygen atoms in total. The van der Waals surface area contributed by atoms with E-state index in [2.05, 4.69) is 104 Å². The van der Waals surface area contributed by atoms with Gasteiger partial charge in [0.2, 0.25) is 0 Å². The van der Waals surface area contributed by atoms with Crippen molar-refractivity contribution in [1.82, 2.24) is 0 Å². The summed E-state index contributed by atoms with van der Waals surface area (Å²) in [5.41, 5.74) is 0. The van der Waals surface area contributed by atoms with Gasteiger partial charge in [0.05, 0.1) is 0 Å². The first kappa shape index (κ1) is 23.6. The number of benzene rings is 3. The Balaban J connectivity index is 1.78. The van der Waals surface area contributed by atoms with E-state index < -0.39 is 6.89 Å². The van der Waals surface area contributed by atoms with E-state index in [-0.39, 0.29) is 0 Å². The van der Waals surface area contributed by atoms with Gasteiger partial charge in [0, 0.05) is 0 Å². The average molecular weight is 431 g/mol. The Morgan fingerprint density at radius 3 is 1.23 bits per heavy atom. The highest BCUT2D eigenvalue weighted by atomic mass is 31.2. The highest BCUT2D eigenvalue weighted by Gasteiger charge is 2.24. The fourth-order valence-electron chi connectivity index (χ4n) is 4.49. The second-order valence-corrected chi connectivity index (χ2v) is 11.9. The predicted molar refractivity (Wildman–Crippen MR) is 143 cm³/mol. The maximum Gasteiger partial charge on any atom is -0.0163 e. The largest absolute Gasteiger partial charge is 0.0742 e. The summed E-state index contributed by atoms with van der Waals surface area (Å²) in [6.07, 6.45) is 13.6. The Labute approximate surface area is 190 Å². The van der Waals surface area contributed by atoms with Gasteiger partial charge in [-0.05, 0) is 35.6 Å². The first-order valence-electron chi connectivity index (χ1n) is 12.3. The molecule has 0 N–H and O–H groups in total. The average Bonchev–Trinajstić information content (AvgIpc) is 2.84. The topological polar surface area (TPSA) is 0 Å². The molecule has 3 aromatic carbocycles. The lowest BCUT2D eigenvalue weighted by Crippen LogP contribution is -2.26. The third-order valence-electron chi connectivity index (χ3n) is 6.20. The molecule has 0 bridgehead atoms. The van der Waals surface area contributed by atoms with Crippen molar-refractivity contribution >= 4 is 28.6 Å². The zero-order valence-corrected chi connectivity index (χ0v) is 20.2. The summed E-state index contributed by atoms with van der Waals surface area (Å²) in [6.45, 7) is 0.539. The fraction of sp³-hybridized carbons (Fsp3) is 0.367. The van der Waals surface area contributed by atoms with Gasteiger partial charge in [-0.1, -0.05) is 155 Å². The lowest BCUT2D eigenvalue weighted by molar-refractivity contribution is 0.569. The monoisotopic (exact) mass is 430 g/mol. The van der Waals surface area contributed by atoms with Gasteiger partial charge in [-0.25, -0.2) is 0 Å². The molecule has 3 aromatic rings. The van der Waals surface area contributed by atoms with Gasteiger partial charge >= 0.3 is 0 Å². The molecule has 164 valence electrons. The van der Waals surface area contributed by atoms with E-state index in [0.717, 1.165) is 0 Å². The van der Waals surface area contributed by atoms with Crippen LogP contribution in [0.15, 0.2) is 91.0 Å². The molecule has 0 aliphatic carbocycles. The molecule has 0 unspecified atom stereocenters. The second-order valence-electron chi connectivity index (χ2n) is 8.53. The molecule has 0 aliphatic heterocycles. The number of hydrogen-bond donors (Lipinski definition) is 0. The van der Waals surface area contributed by atoms with Crippen LogP contribution in [0.2, 0.25) is 0 Å². The van der Waals surface area contributed by atoms with Crippen LogP contribution < -0.4 is 15.9 Å². The first-order chi connectivity index (χ1) is 15.4. The predicted octanol–water partition coefficient (Wildman–Crippen LogP) is 7.70. The van der Waals surface area contributed by atoms with Crippen LogP contribution >= 0.6 is 6.89 Å². The summed E-state index contributed by atoms with van der Waals surface area (Å²) in [4.78, 5) is 0. The van der Waals surface area contributed by atoms with Gasteiger partial charge in [-0.2, -0.15) is 0 Å². The van der Waals surface area contributed by atoms with Crippen LogP contribution in [0.3, 0.4) is 0 Å². The van der Waals surface area contributed by atoms with E-state index in [1.807, 2.05) is 0 Å². The van der Waals surface area contributed by atoms with Gasteiger partial charge in [-0.15, -0.1) is 0 Å². The van der Waals surface area contributed by atoms with Gasteiger partial charge in [0.15, 0.2) is 0 Å². The molecular formula is C30H39P. The van der Waals surface area contributed by atoms with Crippen LogP contribution in [0.5, 0.6) is 0 Å². The minimum atomic E-state index is -1.75. The van der Waals surface area contributed by atoms with Crippen LogP contribution in [0.1, 0.15) is 71.1 Å². The molecule has 0 atom stereocenters. The zero-order chi connectivity index (χ0) is 21.6. The Kier molecular flexibility index (Phi) is 10.2. The standard InChI is InChI=1S/C30H39P/c1-2-3-4-5-6-7-8-9-10-20-27-31(28-21-14-11-15-22-28,29-23-16-12-17-24-29)30-25-18-13-19-26-30/h11-19,21-27H,2-10,20H2,1H3.